The first kappa shape index (κ1) is 603000. The van der Waals surface area contributed by atoms with Crippen LogP contribution >= 0.6 is 0 Å². The quantitative estimate of drug-likeness (QED) is 0.247. The Balaban J connectivity index is -0.0000000000371. The monoisotopic (exact) mass is 1900 g/mol. The first-order valence-electron chi connectivity index (χ1n) is 1.24. The predicted octanol–water partition coefficient (Wildman–Crippen LogP) is -81.0. The summed E-state index contributed by atoms with van der Waals surface area (Å²) in [6, 6.07) is 0. The van der Waals surface area contributed by atoms with Crippen LogP contribution in [-0.4, -0.2) is 559 Å². The van der Waals surface area contributed by atoms with Gasteiger partial charge in [-0.25, -0.2) is 4.79 Å². The van der Waals surface area contributed by atoms with Crippen molar-refractivity contribution in [1.29, 1.82) is 0 Å². The van der Waals surface area contributed by atoms with Crippen LogP contribution in [0.25, 0.3) is 0 Å². The third-order valence-electron chi connectivity index (χ3n) is 0.243. The highest BCUT2D eigenvalue weighted by Gasteiger charge is 2.38. The fourth-order valence-corrected chi connectivity index (χ4v) is 0. The third-order valence-corrected chi connectivity index (χ3v) is 0.243. The van der Waals surface area contributed by atoms with Crippen molar-refractivity contribution in [2.75, 3.05) is 0 Å². The van der Waals surface area contributed by atoms with Crippen LogP contribution in [0.3, 0.4) is 0 Å². The van der Waals surface area contributed by atoms with Gasteiger partial charge in [0, 0.05) is 0 Å². The number of carbonyl (C=O) groups is 1. The Morgan fingerprint density at radius 3 is 0.113 bits per heavy atom. The van der Waals surface area contributed by atoms with Crippen LogP contribution in [0.2, 0.25) is 0 Å². The number of aliphatic carboxylic acids is 1. The maximum Gasteiger partial charge on any atom is 0.490 e. The zero-order chi connectivity index (χ0) is 6.08. The largest absolute Gasteiger partial charge is 0.490 e. The van der Waals surface area contributed by atoms with E-state index in [2.05, 4.69) is 0 Å². The normalized spacial score (nSPS) is 0.745. The Hall–Kier alpha value is -4.70. The van der Waals surface area contributed by atoms with E-state index >= 15 is 0 Å². The van der Waals surface area contributed by atoms with E-state index in [9.17, 15) is 13.2 Å². The molecule has 106 heavy (non-hydrogen) atoms. The lowest BCUT2D eigenvalue weighted by Gasteiger charge is -1.93. The van der Waals surface area contributed by atoms with Gasteiger partial charge in [-0.1, -0.05) is 0 Å². The van der Waals surface area contributed by atoms with E-state index in [0.29, 0.717) is 0 Å². The van der Waals surface area contributed by atoms with Gasteiger partial charge >= 0.3 is 12.1 Å². The Morgan fingerprint density at radius 1 is 0.104 bits per heavy atom. The molecule has 0 unspecified atom stereocenters. The molecule has 0 saturated heterocycles. The summed E-state index contributed by atoms with van der Waals surface area (Å²) in [6.45, 7) is 0. The molecule has 0 rings (SSSR count). The number of hydrogen-bond acceptors (Lipinski definition) is 1. The molecule has 104 heteroatoms. The molecular weight excluding hydrogens is 1700 g/mol. The molecule has 0 aliphatic carbocycles. The highest BCUT2D eigenvalue weighted by Crippen LogP contribution is 2.13. The van der Waals surface area contributed by atoms with Gasteiger partial charge in [0.05, 0.1) is 0 Å². The lowest BCUT2D eigenvalue weighted by atomic mass is 10.7. The van der Waals surface area contributed by atoms with E-state index in [0.717, 1.165) is 0 Å². The van der Waals surface area contributed by atoms with E-state index in [1.807, 2.05) is 0 Å². The molecule has 0 amide bonds. The molecule has 834 valence electrons. The summed E-state index contributed by atoms with van der Waals surface area (Å²) in [5.41, 5.74) is 0. The molecule has 101 nitrogen and oxygen atoms in total. The standard InChI is InChI=1S/C2HF3O2.99H2O/c3-2(4,5)1(6)7;;;;;;;;;;;;;;;;;;;;;;;;;;;;;;;;;;;;;;;;;;;;;;;;;;;;;;;;;;;;;;;;;;;;;;;;;;;;;;;;;;;;;;;;;;;;;;;;;;;/h(H,6,7);99*1H2. The van der Waals surface area contributed by atoms with Crippen molar-refractivity contribution in [3.8, 4) is 0 Å². The Morgan fingerprint density at radius 2 is 0.113 bits per heavy atom. The Labute approximate surface area is 579 Å². The summed E-state index contributed by atoms with van der Waals surface area (Å²) in [6.07, 6.45) is -5.08. The first-order chi connectivity index (χ1) is 2.94. The molecule has 0 spiro atoms. The van der Waals surface area contributed by atoms with Crippen molar-refractivity contribution in [2.45, 2.75) is 6.18 Å². The predicted molar refractivity (Wildman–Crippen MR) is 371 cm³/mol. The van der Waals surface area contributed by atoms with Crippen LogP contribution in [0.15, 0.2) is 0 Å². The van der Waals surface area contributed by atoms with Crippen LogP contribution in [0, 0.1) is 0 Å². The van der Waals surface area contributed by atoms with Crippen molar-refractivity contribution in [3.63, 3.8) is 0 Å². The molecule has 0 saturated carbocycles. The Kier molecular flexibility index (Phi) is 304000000. The summed E-state index contributed by atoms with van der Waals surface area (Å²) in [4.78, 5) is 8.90. The van der Waals surface area contributed by atoms with Crippen LogP contribution < -0.4 is 0 Å². The zero-order valence-electron chi connectivity index (χ0n) is 52.5. The summed E-state index contributed by atoms with van der Waals surface area (Å²) >= 11 is 0. The Bertz CT molecular complexity index is 106. The summed E-state index contributed by atoms with van der Waals surface area (Å²) in [5.74, 6) is -2.76. The minimum atomic E-state index is -5.08. The van der Waals surface area contributed by atoms with Crippen LogP contribution in [0.5, 0.6) is 0 Å². The second kappa shape index (κ2) is 53500. The van der Waals surface area contributed by atoms with Crippen molar-refractivity contribution < 1.29 is 565 Å². The fourth-order valence-electron chi connectivity index (χ4n) is 0. The number of hydrogen-bond donors (Lipinski definition) is 1. The van der Waals surface area contributed by atoms with Crippen molar-refractivity contribution in [1.82, 2.24) is 0 Å². The van der Waals surface area contributed by atoms with E-state index in [1.54, 1.807) is 0 Å². The minimum Gasteiger partial charge on any atom is -0.475 e. The van der Waals surface area contributed by atoms with Crippen LogP contribution in [0.4, 0.5) is 13.2 Å². The number of alkyl halides is 3. The number of carboxylic acid groups (broad SMARTS) is 1. The molecule has 0 aromatic rings. The van der Waals surface area contributed by atoms with Gasteiger partial charge in [-0.2, -0.15) is 13.2 Å². The molecule has 0 aliphatic rings. The highest BCUT2D eigenvalue weighted by atomic mass is 19.4. The maximum absolute atomic E-state index is 10.6. The molecule has 199 N–H and O–H groups in total. The third kappa shape index (κ3) is 568000. The number of rotatable bonds is 0. The summed E-state index contributed by atoms with van der Waals surface area (Å²) in [7, 11) is 0. The van der Waals surface area contributed by atoms with Gasteiger partial charge < -0.3 is 547 Å². The molecule has 0 aromatic carbocycles. The molecule has 0 bridgehead atoms. The highest BCUT2D eigenvalue weighted by molar-refractivity contribution is 5.73. The maximum atomic E-state index is 10.6. The topological polar surface area (TPSA) is 3160 Å². The smallest absolute Gasteiger partial charge is 0.475 e. The lowest BCUT2D eigenvalue weighted by molar-refractivity contribution is -0.192. The second-order valence-corrected chi connectivity index (χ2v) is 0.803. The van der Waals surface area contributed by atoms with Crippen molar-refractivity contribution in [3.05, 3.63) is 0 Å². The second-order valence-electron chi connectivity index (χ2n) is 0.803. The van der Waals surface area contributed by atoms with Crippen LogP contribution in [-0.2, 0) is 4.79 Å². The van der Waals surface area contributed by atoms with E-state index in [4.69, 9.17) is 9.90 Å². The minimum absolute atomic E-state index is 0. The molecule has 0 aromatic heterocycles. The van der Waals surface area contributed by atoms with E-state index < -0.39 is 12.1 Å². The average Bonchev–Trinajstić information content (AvgIpc) is 1.31. The molecule has 0 fully saturated rings. The van der Waals surface area contributed by atoms with Gasteiger partial charge in [-0.05, 0) is 0 Å². The van der Waals surface area contributed by atoms with Crippen LogP contribution in [0.1, 0.15) is 0 Å². The summed E-state index contributed by atoms with van der Waals surface area (Å²) < 4.78 is 31.7. The molecule has 0 heterocycles. The SMILES string of the molecule is O.O.O.O.O.O.O.O.O.O.O.O.O.O.O.O.O.O.O.O.O.O.O.O.O.O.O.O.O.O.O.O.O.O.O.O.O.O.O.O.O.O.O.O.O.O.O.O.O.O.O.O.O.O.O.O.O.O.O.O.O.O.O.O.O.O.O.O.O.O.O.O.O.O.O.O.O.O.O.O.O.O.O.O.O.O.O.O.O.O.O.O.O.O.O.O.O.O.O.O=C(O)C(F)(F)F. The average molecular weight is 1900 g/mol. The molecule has 0 radical (unpaired) electrons. The van der Waals surface area contributed by atoms with Crippen molar-refractivity contribution >= 4 is 5.97 Å². The first-order valence-corrected chi connectivity index (χ1v) is 1.24. The van der Waals surface area contributed by atoms with Gasteiger partial charge in [-0.15, -0.1) is 0 Å². The summed E-state index contributed by atoms with van der Waals surface area (Å²) in [5, 5.41) is 7.12. The number of carboxylic acids is 1. The van der Waals surface area contributed by atoms with Gasteiger partial charge in [0.2, 0.25) is 0 Å². The van der Waals surface area contributed by atoms with Gasteiger partial charge in [0.15, 0.2) is 0 Å². The molecular formula is C2H199F3O101. The number of halogens is 3. The van der Waals surface area contributed by atoms with E-state index in [1.165, 1.54) is 0 Å². The molecule has 0 atom stereocenters. The fraction of sp³-hybridized carbons (Fsp3) is 0.500. The molecule has 0 aliphatic heterocycles. The zero-order valence-corrected chi connectivity index (χ0v) is 52.5. The van der Waals surface area contributed by atoms with E-state index in [-0.39, 0.29) is 542 Å². The van der Waals surface area contributed by atoms with Gasteiger partial charge in [0.25, 0.3) is 0 Å². The lowest BCUT2D eigenvalue weighted by Crippen LogP contribution is -2.21. The van der Waals surface area contributed by atoms with Gasteiger partial charge in [-0.3, -0.25) is 0 Å². The van der Waals surface area contributed by atoms with Crippen molar-refractivity contribution in [2.24, 2.45) is 0 Å². The van der Waals surface area contributed by atoms with Gasteiger partial charge in [0.1, 0.15) is 0 Å².